The standard InChI is InChI=1S/C26H25N3O2S/c1-2-31-20-11-9-19(10-12-20)28-25(30)24-23(27)21-15-18-14-17(16-6-4-3-5-7-16)8-13-22(18)29-26(21)32-24/h3-7,9-12,15,17H,2,8,13-14,27H2,1H3,(H,28,30). The van der Waals surface area contributed by atoms with Crippen LogP contribution in [-0.4, -0.2) is 17.5 Å². The number of nitrogens with two attached hydrogens (primary N) is 1. The van der Waals surface area contributed by atoms with Crippen molar-refractivity contribution >= 4 is 38.8 Å². The number of rotatable bonds is 5. The van der Waals surface area contributed by atoms with Crippen molar-refractivity contribution in [2.75, 3.05) is 17.7 Å². The number of anilines is 2. The zero-order valence-electron chi connectivity index (χ0n) is 17.9. The number of benzene rings is 2. The van der Waals surface area contributed by atoms with Crippen LogP contribution in [0.3, 0.4) is 0 Å². The smallest absolute Gasteiger partial charge is 0.267 e. The number of nitrogens with zero attached hydrogens (tertiary/aromatic N) is 1. The Hall–Kier alpha value is -3.38. The van der Waals surface area contributed by atoms with E-state index >= 15 is 0 Å². The minimum atomic E-state index is -0.213. The number of carbonyl (C=O) groups excluding carboxylic acids is 1. The first-order valence-electron chi connectivity index (χ1n) is 10.9. The Morgan fingerprint density at radius 3 is 2.72 bits per heavy atom. The molecule has 1 amide bonds. The summed E-state index contributed by atoms with van der Waals surface area (Å²) >= 11 is 1.36. The molecular weight excluding hydrogens is 418 g/mol. The molecule has 2 aromatic carbocycles. The minimum absolute atomic E-state index is 0.213. The third kappa shape index (κ3) is 3.94. The van der Waals surface area contributed by atoms with Gasteiger partial charge in [0.05, 0.1) is 12.3 Å². The summed E-state index contributed by atoms with van der Waals surface area (Å²) in [6, 6.07) is 20.1. The molecule has 0 saturated carbocycles. The van der Waals surface area contributed by atoms with Crippen LogP contribution >= 0.6 is 11.3 Å². The van der Waals surface area contributed by atoms with Crippen molar-refractivity contribution in [3.8, 4) is 5.75 Å². The SMILES string of the molecule is CCOc1ccc(NC(=O)c2sc3nc4c(cc3c2N)CC(c2ccccc2)CC4)cc1. The Kier molecular flexibility index (Phi) is 5.53. The monoisotopic (exact) mass is 443 g/mol. The number of pyridine rings is 1. The van der Waals surface area contributed by atoms with Gasteiger partial charge in [0.15, 0.2) is 0 Å². The number of aryl methyl sites for hydroxylation is 1. The van der Waals surface area contributed by atoms with Gasteiger partial charge in [-0.3, -0.25) is 4.79 Å². The van der Waals surface area contributed by atoms with Gasteiger partial charge in [0.25, 0.3) is 5.91 Å². The lowest BCUT2D eigenvalue weighted by Gasteiger charge is -2.24. The highest BCUT2D eigenvalue weighted by Crippen LogP contribution is 2.38. The van der Waals surface area contributed by atoms with Crippen molar-refractivity contribution in [2.24, 2.45) is 0 Å². The first kappa shape index (κ1) is 20.5. The number of aromatic nitrogens is 1. The second-order valence-electron chi connectivity index (χ2n) is 8.05. The van der Waals surface area contributed by atoms with E-state index < -0.39 is 0 Å². The van der Waals surface area contributed by atoms with Crippen LogP contribution < -0.4 is 15.8 Å². The topological polar surface area (TPSA) is 77.2 Å². The first-order valence-corrected chi connectivity index (χ1v) is 11.7. The quantitative estimate of drug-likeness (QED) is 0.408. The molecule has 2 aromatic heterocycles. The van der Waals surface area contributed by atoms with Crippen LogP contribution in [0.25, 0.3) is 10.2 Å². The molecule has 3 N–H and O–H groups in total. The van der Waals surface area contributed by atoms with Crippen molar-refractivity contribution in [2.45, 2.75) is 32.1 Å². The van der Waals surface area contributed by atoms with E-state index in [1.165, 1.54) is 22.5 Å². The molecule has 1 unspecified atom stereocenters. The summed E-state index contributed by atoms with van der Waals surface area (Å²) in [4.78, 5) is 19.2. The van der Waals surface area contributed by atoms with Crippen LogP contribution in [0.4, 0.5) is 11.4 Å². The number of thiophene rings is 1. The third-order valence-corrected chi connectivity index (χ3v) is 7.10. The summed E-state index contributed by atoms with van der Waals surface area (Å²) in [7, 11) is 0. The second-order valence-corrected chi connectivity index (χ2v) is 9.05. The number of ether oxygens (including phenoxy) is 1. The highest BCUT2D eigenvalue weighted by Gasteiger charge is 2.24. The fraction of sp³-hybridized carbons (Fsp3) is 0.231. The van der Waals surface area contributed by atoms with E-state index in [2.05, 4.69) is 41.7 Å². The number of hydrogen-bond acceptors (Lipinski definition) is 5. The molecule has 32 heavy (non-hydrogen) atoms. The minimum Gasteiger partial charge on any atom is -0.494 e. The van der Waals surface area contributed by atoms with Gasteiger partial charge in [-0.25, -0.2) is 4.98 Å². The number of nitrogens with one attached hydrogen (secondary N) is 1. The van der Waals surface area contributed by atoms with Gasteiger partial charge in [0.2, 0.25) is 0 Å². The van der Waals surface area contributed by atoms with Crippen molar-refractivity contribution in [1.29, 1.82) is 0 Å². The van der Waals surface area contributed by atoms with E-state index in [1.807, 2.05) is 31.2 Å². The van der Waals surface area contributed by atoms with E-state index in [0.29, 0.717) is 28.8 Å². The molecule has 2 heterocycles. The Labute approximate surface area is 191 Å². The maximum atomic E-state index is 12.9. The summed E-state index contributed by atoms with van der Waals surface area (Å²) in [6.07, 6.45) is 2.98. The zero-order chi connectivity index (χ0) is 22.1. The molecule has 6 heteroatoms. The van der Waals surface area contributed by atoms with Crippen molar-refractivity contribution in [1.82, 2.24) is 4.98 Å². The number of hydrogen-bond donors (Lipinski definition) is 2. The Morgan fingerprint density at radius 2 is 1.97 bits per heavy atom. The second kappa shape index (κ2) is 8.63. The lowest BCUT2D eigenvalue weighted by Crippen LogP contribution is -2.14. The van der Waals surface area contributed by atoms with Crippen LogP contribution in [-0.2, 0) is 12.8 Å². The van der Waals surface area contributed by atoms with Gasteiger partial charge >= 0.3 is 0 Å². The lowest BCUT2D eigenvalue weighted by molar-refractivity contribution is 0.103. The highest BCUT2D eigenvalue weighted by atomic mass is 32.1. The van der Waals surface area contributed by atoms with E-state index in [-0.39, 0.29) is 5.91 Å². The van der Waals surface area contributed by atoms with Crippen LogP contribution in [0.15, 0.2) is 60.7 Å². The Balaban J connectivity index is 1.40. The predicted molar refractivity (Wildman–Crippen MR) is 131 cm³/mol. The van der Waals surface area contributed by atoms with Gasteiger partial charge in [-0.05, 0) is 73.6 Å². The average Bonchev–Trinajstić information content (AvgIpc) is 3.15. The molecule has 0 bridgehead atoms. The number of nitrogen functional groups attached to an aromatic ring is 1. The summed E-state index contributed by atoms with van der Waals surface area (Å²) in [5, 5.41) is 3.81. The normalized spacial score (nSPS) is 15.3. The van der Waals surface area contributed by atoms with Crippen molar-refractivity contribution in [3.05, 3.63) is 82.4 Å². The fourth-order valence-electron chi connectivity index (χ4n) is 4.36. The predicted octanol–water partition coefficient (Wildman–Crippen LogP) is 5.80. The molecule has 0 aliphatic heterocycles. The number of amides is 1. The van der Waals surface area contributed by atoms with E-state index in [4.69, 9.17) is 15.5 Å². The van der Waals surface area contributed by atoms with Crippen LogP contribution in [0.1, 0.15) is 45.8 Å². The summed E-state index contributed by atoms with van der Waals surface area (Å²) in [6.45, 7) is 2.54. The average molecular weight is 444 g/mol. The highest BCUT2D eigenvalue weighted by molar-refractivity contribution is 7.21. The lowest BCUT2D eigenvalue weighted by atomic mass is 9.82. The van der Waals surface area contributed by atoms with E-state index in [9.17, 15) is 4.79 Å². The van der Waals surface area contributed by atoms with Crippen LogP contribution in [0.5, 0.6) is 5.75 Å². The largest absolute Gasteiger partial charge is 0.494 e. The summed E-state index contributed by atoms with van der Waals surface area (Å²) in [5.41, 5.74) is 11.4. The van der Waals surface area contributed by atoms with Gasteiger partial charge in [-0.15, -0.1) is 11.3 Å². The van der Waals surface area contributed by atoms with Gasteiger partial charge in [0.1, 0.15) is 15.5 Å². The third-order valence-electron chi connectivity index (χ3n) is 5.99. The molecule has 0 saturated heterocycles. The molecule has 162 valence electrons. The molecule has 4 aromatic rings. The molecule has 1 atom stereocenters. The molecule has 5 rings (SSSR count). The van der Waals surface area contributed by atoms with E-state index in [0.717, 1.165) is 40.9 Å². The van der Waals surface area contributed by atoms with Crippen LogP contribution in [0, 0.1) is 0 Å². The first-order chi connectivity index (χ1) is 15.6. The maximum Gasteiger partial charge on any atom is 0.267 e. The van der Waals surface area contributed by atoms with Gasteiger partial charge < -0.3 is 15.8 Å². The molecule has 1 aliphatic rings. The Bertz CT molecular complexity index is 1270. The molecule has 0 fully saturated rings. The number of carbonyl (C=O) groups is 1. The molecule has 0 radical (unpaired) electrons. The maximum absolute atomic E-state index is 12.9. The van der Waals surface area contributed by atoms with E-state index in [1.54, 1.807) is 0 Å². The molecular formula is C26H25N3O2S. The van der Waals surface area contributed by atoms with Crippen molar-refractivity contribution < 1.29 is 9.53 Å². The van der Waals surface area contributed by atoms with Crippen molar-refractivity contribution in [3.63, 3.8) is 0 Å². The molecule has 1 aliphatic carbocycles. The van der Waals surface area contributed by atoms with Gasteiger partial charge in [0, 0.05) is 16.8 Å². The summed E-state index contributed by atoms with van der Waals surface area (Å²) < 4.78 is 5.45. The van der Waals surface area contributed by atoms with Gasteiger partial charge in [-0.1, -0.05) is 30.3 Å². The van der Waals surface area contributed by atoms with Gasteiger partial charge in [-0.2, -0.15) is 0 Å². The molecule has 0 spiro atoms. The Morgan fingerprint density at radius 1 is 1.19 bits per heavy atom. The fourth-order valence-corrected chi connectivity index (χ4v) is 5.35. The zero-order valence-corrected chi connectivity index (χ0v) is 18.7. The van der Waals surface area contributed by atoms with Crippen LogP contribution in [0.2, 0.25) is 0 Å². The summed E-state index contributed by atoms with van der Waals surface area (Å²) in [5.74, 6) is 1.05. The molecule has 5 nitrogen and oxygen atoms in total. The number of fused-ring (bicyclic) bond motifs is 2.